The second-order valence-corrected chi connectivity index (χ2v) is 9.85. The van der Waals surface area contributed by atoms with Crippen LogP contribution in [0.3, 0.4) is 0 Å². The molecule has 1 aromatic carbocycles. The predicted molar refractivity (Wildman–Crippen MR) is 139 cm³/mol. The van der Waals surface area contributed by atoms with Gasteiger partial charge in [-0.15, -0.1) is 11.3 Å². The summed E-state index contributed by atoms with van der Waals surface area (Å²) in [6.45, 7) is 4.95. The van der Waals surface area contributed by atoms with E-state index >= 15 is 0 Å². The number of ether oxygens (including phenoxy) is 1. The van der Waals surface area contributed by atoms with Crippen molar-refractivity contribution in [1.29, 1.82) is 0 Å². The lowest BCUT2D eigenvalue weighted by atomic mass is 9.96. The third-order valence-corrected chi connectivity index (χ3v) is 7.15. The standard InChI is InChI=1S/C25H30N4O2S2/c1-3-31-24(30)22-20-8-6-4-5-7-9-21(20)33-23(22)28-25(32)27-19-14-26-29(16-19)15-18-12-10-17(2)11-13-18/h10-14,16H,3-9,15H2,1-2H3,(H2,27,28,32). The number of carbonyl (C=O) groups is 1. The van der Waals surface area contributed by atoms with Crippen LogP contribution < -0.4 is 10.6 Å². The van der Waals surface area contributed by atoms with Crippen molar-refractivity contribution in [3.8, 4) is 0 Å². The van der Waals surface area contributed by atoms with Crippen LogP contribution in [0.2, 0.25) is 0 Å². The SMILES string of the molecule is CCOC(=O)c1c(NC(=S)Nc2cnn(Cc3ccc(C)cc3)c2)sc2c1CCCCCC2. The van der Waals surface area contributed by atoms with Crippen LogP contribution >= 0.6 is 23.6 Å². The number of hydrogen-bond acceptors (Lipinski definition) is 5. The van der Waals surface area contributed by atoms with E-state index in [1.165, 1.54) is 28.8 Å². The van der Waals surface area contributed by atoms with E-state index in [0.717, 1.165) is 41.9 Å². The van der Waals surface area contributed by atoms with Gasteiger partial charge in [0.2, 0.25) is 0 Å². The molecule has 174 valence electrons. The number of thiocarbonyl (C=S) groups is 1. The summed E-state index contributed by atoms with van der Waals surface area (Å²) in [5.41, 5.74) is 5.01. The van der Waals surface area contributed by atoms with Gasteiger partial charge in [-0.05, 0) is 62.9 Å². The number of benzene rings is 1. The molecule has 6 nitrogen and oxygen atoms in total. The smallest absolute Gasteiger partial charge is 0.341 e. The molecule has 0 radical (unpaired) electrons. The Kier molecular flexibility index (Phi) is 7.77. The van der Waals surface area contributed by atoms with Gasteiger partial charge in [0, 0.05) is 11.1 Å². The number of anilines is 2. The van der Waals surface area contributed by atoms with Crippen molar-refractivity contribution in [2.75, 3.05) is 17.2 Å². The fraction of sp³-hybridized carbons (Fsp3) is 0.400. The summed E-state index contributed by atoms with van der Waals surface area (Å²) in [5, 5.41) is 12.1. The molecule has 33 heavy (non-hydrogen) atoms. The molecule has 0 saturated carbocycles. The number of esters is 1. The van der Waals surface area contributed by atoms with Gasteiger partial charge < -0.3 is 15.4 Å². The van der Waals surface area contributed by atoms with Gasteiger partial charge in [-0.3, -0.25) is 4.68 Å². The molecule has 0 fully saturated rings. The lowest BCUT2D eigenvalue weighted by Crippen LogP contribution is -2.20. The Hall–Kier alpha value is -2.71. The largest absolute Gasteiger partial charge is 0.462 e. The molecule has 2 aromatic heterocycles. The molecule has 8 heteroatoms. The quantitative estimate of drug-likeness (QED) is 0.334. The highest BCUT2D eigenvalue weighted by Gasteiger charge is 2.25. The molecule has 2 N–H and O–H groups in total. The van der Waals surface area contributed by atoms with E-state index in [2.05, 4.69) is 46.9 Å². The van der Waals surface area contributed by atoms with Crippen molar-refractivity contribution < 1.29 is 9.53 Å². The number of nitrogens with one attached hydrogen (secondary N) is 2. The lowest BCUT2D eigenvalue weighted by Gasteiger charge is -2.12. The van der Waals surface area contributed by atoms with E-state index in [1.54, 1.807) is 17.5 Å². The summed E-state index contributed by atoms with van der Waals surface area (Å²) < 4.78 is 7.25. The molecule has 0 spiro atoms. The van der Waals surface area contributed by atoms with Crippen LogP contribution in [0.1, 0.15) is 64.5 Å². The molecule has 2 heterocycles. The van der Waals surface area contributed by atoms with Crippen molar-refractivity contribution in [2.45, 2.75) is 58.9 Å². The summed E-state index contributed by atoms with van der Waals surface area (Å²) >= 11 is 7.20. The van der Waals surface area contributed by atoms with Crippen molar-refractivity contribution in [3.05, 3.63) is 63.8 Å². The number of nitrogens with zero attached hydrogens (tertiary/aromatic N) is 2. The Morgan fingerprint density at radius 1 is 1.15 bits per heavy atom. The third kappa shape index (κ3) is 6.00. The van der Waals surface area contributed by atoms with E-state index < -0.39 is 0 Å². The van der Waals surface area contributed by atoms with Gasteiger partial charge >= 0.3 is 5.97 Å². The Balaban J connectivity index is 1.47. The zero-order chi connectivity index (χ0) is 23.2. The predicted octanol–water partition coefficient (Wildman–Crippen LogP) is 5.95. The number of aryl methyl sites for hydroxylation is 2. The van der Waals surface area contributed by atoms with E-state index in [4.69, 9.17) is 17.0 Å². The van der Waals surface area contributed by atoms with Crippen LogP contribution in [-0.4, -0.2) is 27.5 Å². The summed E-state index contributed by atoms with van der Waals surface area (Å²) in [7, 11) is 0. The molecule has 0 amide bonds. The fourth-order valence-electron chi connectivity index (χ4n) is 4.09. The minimum Gasteiger partial charge on any atom is -0.462 e. The zero-order valence-corrected chi connectivity index (χ0v) is 20.8. The van der Waals surface area contributed by atoms with Crippen LogP contribution in [0.25, 0.3) is 0 Å². The minimum absolute atomic E-state index is 0.271. The van der Waals surface area contributed by atoms with Gasteiger partial charge in [0.15, 0.2) is 5.11 Å². The molecule has 0 aliphatic heterocycles. The monoisotopic (exact) mass is 482 g/mol. The third-order valence-electron chi connectivity index (χ3n) is 5.73. The van der Waals surface area contributed by atoms with Crippen LogP contribution in [0.5, 0.6) is 0 Å². The molecule has 4 rings (SSSR count). The van der Waals surface area contributed by atoms with Gasteiger partial charge in [-0.2, -0.15) is 5.10 Å². The number of fused-ring (bicyclic) bond motifs is 1. The van der Waals surface area contributed by atoms with Gasteiger partial charge in [0.25, 0.3) is 0 Å². The Bertz CT molecular complexity index is 1120. The van der Waals surface area contributed by atoms with Crippen LogP contribution in [0.4, 0.5) is 10.7 Å². The topological polar surface area (TPSA) is 68.2 Å². The highest BCUT2D eigenvalue weighted by atomic mass is 32.1. The number of carbonyl (C=O) groups excluding carboxylic acids is 1. The summed E-state index contributed by atoms with van der Waals surface area (Å²) in [4.78, 5) is 14.1. The van der Waals surface area contributed by atoms with E-state index in [0.29, 0.717) is 23.8 Å². The highest BCUT2D eigenvalue weighted by Crippen LogP contribution is 2.37. The second-order valence-electron chi connectivity index (χ2n) is 8.33. The molecule has 0 saturated heterocycles. The van der Waals surface area contributed by atoms with Gasteiger partial charge in [0.05, 0.1) is 30.6 Å². The Morgan fingerprint density at radius 2 is 1.91 bits per heavy atom. The number of aromatic nitrogens is 2. The lowest BCUT2D eigenvalue weighted by molar-refractivity contribution is 0.0526. The summed E-state index contributed by atoms with van der Waals surface area (Å²) in [6, 6.07) is 8.41. The van der Waals surface area contributed by atoms with Crippen molar-refractivity contribution in [2.24, 2.45) is 0 Å². The maximum absolute atomic E-state index is 12.8. The van der Waals surface area contributed by atoms with E-state index in [9.17, 15) is 4.79 Å². The average Bonchev–Trinajstić information content (AvgIpc) is 3.33. The molecule has 0 atom stereocenters. The zero-order valence-electron chi connectivity index (χ0n) is 19.1. The van der Waals surface area contributed by atoms with Crippen LogP contribution in [0, 0.1) is 6.92 Å². The van der Waals surface area contributed by atoms with E-state index in [1.807, 2.05) is 17.8 Å². The molecule has 1 aliphatic carbocycles. The number of rotatable bonds is 6. The molecule has 0 unspecified atom stereocenters. The number of thiophene rings is 1. The second kappa shape index (κ2) is 10.9. The van der Waals surface area contributed by atoms with Crippen molar-refractivity contribution in [1.82, 2.24) is 9.78 Å². The van der Waals surface area contributed by atoms with Crippen molar-refractivity contribution >= 4 is 45.3 Å². The van der Waals surface area contributed by atoms with Crippen LogP contribution in [-0.2, 0) is 24.1 Å². The van der Waals surface area contributed by atoms with Crippen molar-refractivity contribution in [3.63, 3.8) is 0 Å². The number of hydrogen-bond donors (Lipinski definition) is 2. The maximum atomic E-state index is 12.8. The fourth-order valence-corrected chi connectivity index (χ4v) is 5.65. The Morgan fingerprint density at radius 3 is 2.67 bits per heavy atom. The molecular weight excluding hydrogens is 452 g/mol. The van der Waals surface area contributed by atoms with Gasteiger partial charge in [-0.25, -0.2) is 4.79 Å². The highest BCUT2D eigenvalue weighted by molar-refractivity contribution is 7.80. The van der Waals surface area contributed by atoms with E-state index in [-0.39, 0.29) is 5.97 Å². The molecule has 3 aromatic rings. The summed E-state index contributed by atoms with van der Waals surface area (Å²) in [6.07, 6.45) is 10.3. The first-order valence-electron chi connectivity index (χ1n) is 11.5. The maximum Gasteiger partial charge on any atom is 0.341 e. The molecular formula is C25H30N4O2S2. The average molecular weight is 483 g/mol. The molecule has 1 aliphatic rings. The Labute approximate surface area is 204 Å². The normalized spacial score (nSPS) is 13.5. The van der Waals surface area contributed by atoms with Gasteiger partial charge in [-0.1, -0.05) is 42.7 Å². The first-order valence-corrected chi connectivity index (χ1v) is 12.7. The minimum atomic E-state index is -0.271. The summed E-state index contributed by atoms with van der Waals surface area (Å²) in [5.74, 6) is -0.271. The molecule has 0 bridgehead atoms. The first kappa shape index (κ1) is 23.4. The van der Waals surface area contributed by atoms with Gasteiger partial charge in [0.1, 0.15) is 5.00 Å². The first-order chi connectivity index (χ1) is 16.0. The van der Waals surface area contributed by atoms with Crippen LogP contribution in [0.15, 0.2) is 36.7 Å².